The SMILES string of the molecule is CCCc1nccn1S(=O)(=O)O. The Morgan fingerprint density at radius 1 is 1.67 bits per heavy atom. The van der Waals surface area contributed by atoms with E-state index in [2.05, 4.69) is 4.98 Å². The minimum Gasteiger partial charge on any atom is -0.269 e. The van der Waals surface area contributed by atoms with E-state index in [1.54, 1.807) is 0 Å². The van der Waals surface area contributed by atoms with Crippen molar-refractivity contribution in [3.05, 3.63) is 18.2 Å². The van der Waals surface area contributed by atoms with Gasteiger partial charge in [-0.15, -0.1) is 0 Å². The predicted octanol–water partition coefficient (Wildman–Crippen LogP) is 0.486. The molecular weight excluding hydrogens is 180 g/mol. The van der Waals surface area contributed by atoms with Crippen LogP contribution in [0.3, 0.4) is 0 Å². The fraction of sp³-hybridized carbons (Fsp3) is 0.500. The zero-order valence-corrected chi connectivity index (χ0v) is 7.45. The molecule has 12 heavy (non-hydrogen) atoms. The molecule has 1 aromatic rings. The maximum Gasteiger partial charge on any atom is 0.364 e. The molecule has 68 valence electrons. The van der Waals surface area contributed by atoms with Gasteiger partial charge in [-0.05, 0) is 6.42 Å². The zero-order chi connectivity index (χ0) is 9.19. The molecule has 0 fully saturated rings. The summed E-state index contributed by atoms with van der Waals surface area (Å²) in [4.78, 5) is 3.80. The van der Waals surface area contributed by atoms with Gasteiger partial charge in [0.2, 0.25) is 0 Å². The van der Waals surface area contributed by atoms with E-state index in [4.69, 9.17) is 4.55 Å². The summed E-state index contributed by atoms with van der Waals surface area (Å²) in [6.07, 6.45) is 3.89. The lowest BCUT2D eigenvalue weighted by molar-refractivity contribution is 0.470. The van der Waals surface area contributed by atoms with Crippen LogP contribution in [0.4, 0.5) is 0 Å². The van der Waals surface area contributed by atoms with E-state index in [1.807, 2.05) is 6.92 Å². The smallest absolute Gasteiger partial charge is 0.269 e. The first-order valence-corrected chi connectivity index (χ1v) is 4.95. The van der Waals surface area contributed by atoms with E-state index in [9.17, 15) is 8.42 Å². The van der Waals surface area contributed by atoms with Gasteiger partial charge < -0.3 is 0 Å². The zero-order valence-electron chi connectivity index (χ0n) is 6.64. The molecule has 0 unspecified atom stereocenters. The molecule has 6 heteroatoms. The molecule has 1 heterocycles. The van der Waals surface area contributed by atoms with Gasteiger partial charge in [-0.25, -0.2) is 8.96 Å². The molecule has 1 rings (SSSR count). The molecule has 0 radical (unpaired) electrons. The molecule has 1 N–H and O–H groups in total. The number of hydrogen-bond donors (Lipinski definition) is 1. The van der Waals surface area contributed by atoms with Crippen molar-refractivity contribution in [2.45, 2.75) is 19.8 Å². The third kappa shape index (κ3) is 1.83. The highest BCUT2D eigenvalue weighted by Crippen LogP contribution is 2.03. The van der Waals surface area contributed by atoms with E-state index in [0.29, 0.717) is 12.2 Å². The molecule has 0 amide bonds. The second-order valence-corrected chi connectivity index (χ2v) is 3.66. The van der Waals surface area contributed by atoms with Crippen molar-refractivity contribution < 1.29 is 13.0 Å². The number of imidazole rings is 1. The van der Waals surface area contributed by atoms with E-state index >= 15 is 0 Å². The average molecular weight is 190 g/mol. The van der Waals surface area contributed by atoms with Gasteiger partial charge in [0.25, 0.3) is 0 Å². The fourth-order valence-electron chi connectivity index (χ4n) is 0.931. The lowest BCUT2D eigenvalue weighted by Gasteiger charge is -2.00. The number of aryl methyl sites for hydroxylation is 1. The van der Waals surface area contributed by atoms with Crippen LogP contribution < -0.4 is 0 Å². The molecule has 1 aromatic heterocycles. The van der Waals surface area contributed by atoms with Crippen molar-refractivity contribution in [3.63, 3.8) is 0 Å². The van der Waals surface area contributed by atoms with Crippen LogP contribution in [0.5, 0.6) is 0 Å². The molecule has 0 saturated heterocycles. The molecule has 0 saturated carbocycles. The number of hydrogen-bond acceptors (Lipinski definition) is 3. The number of rotatable bonds is 3. The van der Waals surface area contributed by atoms with Crippen LogP contribution in [0.2, 0.25) is 0 Å². The molecule has 0 aliphatic heterocycles. The molecule has 0 spiro atoms. The van der Waals surface area contributed by atoms with E-state index in [0.717, 1.165) is 10.4 Å². The van der Waals surface area contributed by atoms with Crippen LogP contribution in [0.1, 0.15) is 19.2 Å². The minimum absolute atomic E-state index is 0.361. The predicted molar refractivity (Wildman–Crippen MR) is 43.2 cm³/mol. The third-order valence-electron chi connectivity index (χ3n) is 1.40. The Balaban J connectivity index is 3.08. The van der Waals surface area contributed by atoms with Gasteiger partial charge in [0.05, 0.1) is 0 Å². The quantitative estimate of drug-likeness (QED) is 0.704. The highest BCUT2D eigenvalue weighted by Gasteiger charge is 2.11. The number of nitrogens with zero attached hydrogens (tertiary/aromatic N) is 2. The average Bonchev–Trinajstić information content (AvgIpc) is 2.34. The van der Waals surface area contributed by atoms with Crippen molar-refractivity contribution in [1.29, 1.82) is 0 Å². The Morgan fingerprint density at radius 3 is 2.83 bits per heavy atom. The normalized spacial score (nSPS) is 11.8. The standard InChI is InChI=1S/C6H10N2O3S/c1-2-3-6-7-4-5-8(6)12(9,10)11/h4-5H,2-3H2,1H3,(H,9,10,11). The molecular formula is C6H10N2O3S. The Hall–Kier alpha value is -0.880. The fourth-order valence-corrected chi connectivity index (χ4v) is 1.54. The summed E-state index contributed by atoms with van der Waals surface area (Å²) in [5, 5.41) is 0. The molecule has 0 aliphatic rings. The van der Waals surface area contributed by atoms with Gasteiger partial charge >= 0.3 is 10.3 Å². The van der Waals surface area contributed by atoms with Gasteiger partial charge in [-0.2, -0.15) is 8.42 Å². The van der Waals surface area contributed by atoms with Crippen molar-refractivity contribution >= 4 is 10.3 Å². The van der Waals surface area contributed by atoms with Crippen molar-refractivity contribution in [3.8, 4) is 0 Å². The topological polar surface area (TPSA) is 72.2 Å². The van der Waals surface area contributed by atoms with Crippen LogP contribution >= 0.6 is 0 Å². The Morgan fingerprint density at radius 2 is 2.33 bits per heavy atom. The van der Waals surface area contributed by atoms with E-state index in [1.165, 1.54) is 12.4 Å². The summed E-state index contributed by atoms with van der Waals surface area (Å²) in [7, 11) is -4.16. The van der Waals surface area contributed by atoms with E-state index in [-0.39, 0.29) is 0 Å². The van der Waals surface area contributed by atoms with Gasteiger partial charge in [-0.1, -0.05) is 6.92 Å². The van der Waals surface area contributed by atoms with Gasteiger partial charge in [0, 0.05) is 18.8 Å². The minimum atomic E-state index is -4.16. The first kappa shape index (κ1) is 9.21. The summed E-state index contributed by atoms with van der Waals surface area (Å²) < 4.78 is 30.8. The second kappa shape index (κ2) is 3.24. The van der Waals surface area contributed by atoms with Crippen LogP contribution in [0, 0.1) is 0 Å². The van der Waals surface area contributed by atoms with Crippen molar-refractivity contribution in [2.24, 2.45) is 0 Å². The summed E-state index contributed by atoms with van der Waals surface area (Å²) in [5.74, 6) is 0.361. The number of aromatic nitrogens is 2. The molecule has 0 bridgehead atoms. The lowest BCUT2D eigenvalue weighted by Crippen LogP contribution is -2.13. The highest BCUT2D eigenvalue weighted by atomic mass is 32.2. The van der Waals surface area contributed by atoms with Crippen LogP contribution in [-0.4, -0.2) is 21.9 Å². The highest BCUT2D eigenvalue weighted by molar-refractivity contribution is 7.84. The van der Waals surface area contributed by atoms with Gasteiger partial charge in [0.1, 0.15) is 5.82 Å². The Kier molecular flexibility index (Phi) is 2.49. The first-order valence-electron chi connectivity index (χ1n) is 3.56. The molecule has 0 aromatic carbocycles. The first-order chi connectivity index (χ1) is 5.55. The Bertz CT molecular complexity index is 355. The van der Waals surface area contributed by atoms with Gasteiger partial charge in [-0.3, -0.25) is 4.55 Å². The summed E-state index contributed by atoms with van der Waals surface area (Å²) in [5.41, 5.74) is 0. The molecule has 0 atom stereocenters. The maximum atomic E-state index is 10.7. The summed E-state index contributed by atoms with van der Waals surface area (Å²) >= 11 is 0. The van der Waals surface area contributed by atoms with Crippen LogP contribution in [0.15, 0.2) is 12.4 Å². The van der Waals surface area contributed by atoms with Crippen molar-refractivity contribution in [2.75, 3.05) is 0 Å². The van der Waals surface area contributed by atoms with Crippen LogP contribution in [-0.2, 0) is 16.7 Å². The monoisotopic (exact) mass is 190 g/mol. The molecule has 0 aliphatic carbocycles. The van der Waals surface area contributed by atoms with Crippen molar-refractivity contribution in [1.82, 2.24) is 8.96 Å². The molecule has 5 nitrogen and oxygen atoms in total. The van der Waals surface area contributed by atoms with Crippen LogP contribution in [0.25, 0.3) is 0 Å². The summed E-state index contributed by atoms with van der Waals surface area (Å²) in [6, 6.07) is 0. The summed E-state index contributed by atoms with van der Waals surface area (Å²) in [6.45, 7) is 1.91. The van der Waals surface area contributed by atoms with E-state index < -0.39 is 10.3 Å². The lowest BCUT2D eigenvalue weighted by atomic mass is 10.3. The third-order valence-corrected chi connectivity index (χ3v) is 2.23. The van der Waals surface area contributed by atoms with Gasteiger partial charge in [0.15, 0.2) is 0 Å². The Labute approximate surface area is 70.9 Å². The largest absolute Gasteiger partial charge is 0.364 e. The second-order valence-electron chi connectivity index (χ2n) is 2.37. The maximum absolute atomic E-state index is 10.7.